The molecule has 2 aliphatic rings. The number of nitrogens with zero attached hydrogens (tertiary/aromatic N) is 3. The van der Waals surface area contributed by atoms with Crippen LogP contribution in [0.25, 0.3) is 0 Å². The van der Waals surface area contributed by atoms with Gasteiger partial charge in [0.1, 0.15) is 5.82 Å². The molecule has 0 aliphatic carbocycles. The Balaban J connectivity index is 1.44. The largest absolute Gasteiger partial charge is 0.342 e. The zero-order chi connectivity index (χ0) is 19.2. The average molecular weight is 440 g/mol. The van der Waals surface area contributed by atoms with Crippen molar-refractivity contribution in [1.29, 1.82) is 0 Å². The average Bonchev–Trinajstić information content (AvgIpc) is 2.95. The van der Waals surface area contributed by atoms with Crippen LogP contribution in [0.5, 0.6) is 0 Å². The number of amides is 2. The van der Waals surface area contributed by atoms with Gasteiger partial charge in [0.15, 0.2) is 0 Å². The highest BCUT2D eigenvalue weighted by Gasteiger charge is 2.24. The zero-order valence-electron chi connectivity index (χ0n) is 15.6. The van der Waals surface area contributed by atoms with E-state index < -0.39 is 0 Å². The van der Waals surface area contributed by atoms with E-state index in [1.54, 1.807) is 12.1 Å². The predicted octanol–water partition coefficient (Wildman–Crippen LogP) is 2.68. The van der Waals surface area contributed by atoms with Crippen LogP contribution >= 0.6 is 15.9 Å². The molecule has 0 unspecified atom stereocenters. The summed E-state index contributed by atoms with van der Waals surface area (Å²) >= 11 is 3.16. The second kappa shape index (κ2) is 9.64. The lowest BCUT2D eigenvalue weighted by Gasteiger charge is -2.35. The van der Waals surface area contributed by atoms with Crippen LogP contribution < -0.4 is 0 Å². The highest BCUT2D eigenvalue weighted by atomic mass is 79.9. The molecule has 2 amide bonds. The molecule has 5 nitrogen and oxygen atoms in total. The van der Waals surface area contributed by atoms with E-state index in [1.165, 1.54) is 18.9 Å². The van der Waals surface area contributed by atoms with Crippen LogP contribution in [0.2, 0.25) is 0 Å². The van der Waals surface area contributed by atoms with Gasteiger partial charge in [0.05, 0.1) is 17.4 Å². The number of piperazine rings is 1. The maximum absolute atomic E-state index is 13.3. The Morgan fingerprint density at radius 3 is 2.15 bits per heavy atom. The summed E-state index contributed by atoms with van der Waals surface area (Å²) in [5, 5.41) is 0. The van der Waals surface area contributed by atoms with E-state index in [0.717, 1.165) is 44.6 Å². The molecular formula is C20H27BrFN3O2. The minimum Gasteiger partial charge on any atom is -0.342 e. The molecule has 0 spiro atoms. The molecule has 3 rings (SSSR count). The predicted molar refractivity (Wildman–Crippen MR) is 106 cm³/mol. The highest BCUT2D eigenvalue weighted by molar-refractivity contribution is 9.10. The molecule has 1 aromatic carbocycles. The van der Waals surface area contributed by atoms with Crippen molar-refractivity contribution in [3.63, 3.8) is 0 Å². The Morgan fingerprint density at radius 1 is 0.889 bits per heavy atom. The van der Waals surface area contributed by atoms with Crippen LogP contribution in [-0.4, -0.2) is 72.3 Å². The zero-order valence-corrected chi connectivity index (χ0v) is 17.2. The summed E-state index contributed by atoms with van der Waals surface area (Å²) < 4.78 is 13.7. The fraction of sp³-hybridized carbons (Fsp3) is 0.600. The smallest absolute Gasteiger partial charge is 0.236 e. The Hall–Kier alpha value is -1.47. The van der Waals surface area contributed by atoms with Crippen molar-refractivity contribution >= 4 is 27.7 Å². The van der Waals surface area contributed by atoms with E-state index in [4.69, 9.17) is 0 Å². The van der Waals surface area contributed by atoms with Crippen molar-refractivity contribution in [2.24, 2.45) is 0 Å². The number of benzene rings is 1. The van der Waals surface area contributed by atoms with E-state index in [1.807, 2.05) is 9.80 Å². The van der Waals surface area contributed by atoms with Gasteiger partial charge < -0.3 is 9.80 Å². The second-order valence-corrected chi connectivity index (χ2v) is 8.23. The Kier molecular flexibility index (Phi) is 7.24. The Labute approximate surface area is 168 Å². The lowest BCUT2D eigenvalue weighted by atomic mass is 10.1. The van der Waals surface area contributed by atoms with E-state index in [2.05, 4.69) is 20.8 Å². The quantitative estimate of drug-likeness (QED) is 0.724. The summed E-state index contributed by atoms with van der Waals surface area (Å²) in [6.45, 7) is 4.92. The molecule has 0 atom stereocenters. The first kappa shape index (κ1) is 20.3. The molecule has 2 heterocycles. The monoisotopic (exact) mass is 439 g/mol. The molecule has 27 heavy (non-hydrogen) atoms. The molecule has 0 N–H and O–H groups in total. The molecule has 148 valence electrons. The molecule has 0 aromatic heterocycles. The first-order valence-electron chi connectivity index (χ1n) is 9.75. The third-order valence-corrected chi connectivity index (χ3v) is 5.99. The first-order valence-corrected chi connectivity index (χ1v) is 10.5. The summed E-state index contributed by atoms with van der Waals surface area (Å²) in [6.07, 6.45) is 4.91. The van der Waals surface area contributed by atoms with E-state index in [0.29, 0.717) is 24.1 Å². The summed E-state index contributed by atoms with van der Waals surface area (Å²) in [5.74, 6) is -0.0614. The van der Waals surface area contributed by atoms with Crippen LogP contribution in [0.3, 0.4) is 0 Å². The van der Waals surface area contributed by atoms with Gasteiger partial charge in [0, 0.05) is 39.3 Å². The van der Waals surface area contributed by atoms with Gasteiger partial charge in [0.2, 0.25) is 11.8 Å². The van der Waals surface area contributed by atoms with Crippen molar-refractivity contribution in [1.82, 2.24) is 14.7 Å². The maximum Gasteiger partial charge on any atom is 0.236 e. The van der Waals surface area contributed by atoms with Crippen molar-refractivity contribution in [2.75, 3.05) is 45.8 Å². The number of likely N-dealkylation sites (tertiary alicyclic amines) is 1. The van der Waals surface area contributed by atoms with Gasteiger partial charge in [-0.15, -0.1) is 0 Å². The SMILES string of the molecule is O=C(Cc1ccc(F)c(Br)c1)N1CCN(CC(=O)N2CCCCCC2)CC1. The van der Waals surface area contributed by atoms with Crippen LogP contribution in [0, 0.1) is 5.82 Å². The summed E-state index contributed by atoms with van der Waals surface area (Å²) in [6, 6.07) is 4.68. The van der Waals surface area contributed by atoms with Crippen molar-refractivity contribution in [2.45, 2.75) is 32.1 Å². The third-order valence-electron chi connectivity index (χ3n) is 5.38. The summed E-state index contributed by atoms with van der Waals surface area (Å²) in [5.41, 5.74) is 0.798. The number of carbonyl (C=O) groups is 2. The molecule has 7 heteroatoms. The molecule has 1 aromatic rings. The fourth-order valence-electron chi connectivity index (χ4n) is 3.70. The normalized spacial score (nSPS) is 19.0. The number of rotatable bonds is 4. The summed E-state index contributed by atoms with van der Waals surface area (Å²) in [7, 11) is 0. The van der Waals surface area contributed by atoms with Crippen molar-refractivity contribution in [3.8, 4) is 0 Å². The van der Waals surface area contributed by atoms with E-state index >= 15 is 0 Å². The van der Waals surface area contributed by atoms with Gasteiger partial charge in [-0.1, -0.05) is 18.9 Å². The second-order valence-electron chi connectivity index (χ2n) is 7.38. The van der Waals surface area contributed by atoms with Gasteiger partial charge >= 0.3 is 0 Å². The maximum atomic E-state index is 13.3. The van der Waals surface area contributed by atoms with Gasteiger partial charge in [0.25, 0.3) is 0 Å². The van der Waals surface area contributed by atoms with Gasteiger partial charge in [-0.05, 0) is 46.5 Å². The van der Waals surface area contributed by atoms with Gasteiger partial charge in [-0.3, -0.25) is 14.5 Å². The standard InChI is InChI=1S/C20H27BrFN3O2/c21-17-13-16(5-6-18(17)22)14-19(26)25-11-9-23(10-12-25)15-20(27)24-7-3-1-2-4-8-24/h5-6,13H,1-4,7-12,14-15H2. The van der Waals surface area contributed by atoms with Crippen molar-refractivity contribution < 1.29 is 14.0 Å². The molecule has 2 aliphatic heterocycles. The lowest BCUT2D eigenvalue weighted by molar-refractivity contribution is -0.134. The highest BCUT2D eigenvalue weighted by Crippen LogP contribution is 2.18. The van der Waals surface area contributed by atoms with Crippen LogP contribution in [-0.2, 0) is 16.0 Å². The minimum atomic E-state index is -0.325. The lowest BCUT2D eigenvalue weighted by Crippen LogP contribution is -2.52. The van der Waals surface area contributed by atoms with Gasteiger partial charge in [-0.2, -0.15) is 0 Å². The van der Waals surface area contributed by atoms with Crippen LogP contribution in [0.15, 0.2) is 22.7 Å². The molecular weight excluding hydrogens is 413 g/mol. The van der Waals surface area contributed by atoms with Crippen molar-refractivity contribution in [3.05, 3.63) is 34.1 Å². The molecule has 0 radical (unpaired) electrons. The number of hydrogen-bond acceptors (Lipinski definition) is 3. The summed E-state index contributed by atoms with van der Waals surface area (Å²) in [4.78, 5) is 31.0. The molecule has 2 saturated heterocycles. The third kappa shape index (κ3) is 5.75. The number of halogens is 2. The first-order chi connectivity index (χ1) is 13.0. The number of carbonyl (C=O) groups excluding carboxylic acids is 2. The minimum absolute atomic E-state index is 0.0482. The fourth-order valence-corrected chi connectivity index (χ4v) is 4.13. The van der Waals surface area contributed by atoms with Gasteiger partial charge in [-0.25, -0.2) is 4.39 Å². The molecule has 0 bridgehead atoms. The molecule has 0 saturated carbocycles. The Bertz CT molecular complexity index is 669. The number of hydrogen-bond donors (Lipinski definition) is 0. The van der Waals surface area contributed by atoms with E-state index in [9.17, 15) is 14.0 Å². The van der Waals surface area contributed by atoms with Crippen LogP contribution in [0.1, 0.15) is 31.2 Å². The van der Waals surface area contributed by atoms with E-state index in [-0.39, 0.29) is 24.1 Å². The Morgan fingerprint density at radius 2 is 1.52 bits per heavy atom. The topological polar surface area (TPSA) is 43.9 Å². The van der Waals surface area contributed by atoms with Crippen LogP contribution in [0.4, 0.5) is 4.39 Å². The molecule has 2 fully saturated rings.